The monoisotopic (exact) mass is 280 g/mol. The molecule has 0 atom stereocenters. The first-order chi connectivity index (χ1) is 9.15. The highest BCUT2D eigenvalue weighted by atomic mass is 35.5. The smallest absolute Gasteiger partial charge is 0.230 e. The zero-order valence-electron chi connectivity index (χ0n) is 10.8. The molecule has 2 aromatic rings. The molecule has 0 aliphatic rings. The highest BCUT2D eigenvalue weighted by Crippen LogP contribution is 2.22. The maximum atomic E-state index is 13.7. The van der Waals surface area contributed by atoms with E-state index in [1.165, 1.54) is 6.07 Å². The molecular weight excluding hydrogens is 267 g/mol. The molecule has 0 N–H and O–H groups in total. The van der Waals surface area contributed by atoms with Crippen LogP contribution in [-0.2, 0) is 0 Å². The van der Waals surface area contributed by atoms with Gasteiger partial charge in [0.25, 0.3) is 0 Å². The summed E-state index contributed by atoms with van der Waals surface area (Å²) in [5.74, 6) is 0.332. The quantitative estimate of drug-likeness (QED) is 0.863. The van der Waals surface area contributed by atoms with Gasteiger partial charge in [0.15, 0.2) is 5.82 Å². The summed E-state index contributed by atoms with van der Waals surface area (Å²) in [6, 6.07) is 6.33. The van der Waals surface area contributed by atoms with E-state index in [9.17, 15) is 4.39 Å². The lowest BCUT2D eigenvalue weighted by molar-refractivity contribution is 0.629. The summed E-state index contributed by atoms with van der Waals surface area (Å²) >= 11 is 5.90. The van der Waals surface area contributed by atoms with Gasteiger partial charge in [0.05, 0.1) is 5.56 Å². The van der Waals surface area contributed by atoms with E-state index < -0.39 is 0 Å². The second kappa shape index (κ2) is 5.93. The van der Waals surface area contributed by atoms with Gasteiger partial charge in [-0.3, -0.25) is 0 Å². The Morgan fingerprint density at radius 3 is 2.42 bits per heavy atom. The maximum Gasteiger partial charge on any atom is 0.230 e. The number of halogens is 2. The van der Waals surface area contributed by atoms with Crippen molar-refractivity contribution >= 4 is 17.5 Å². The van der Waals surface area contributed by atoms with Crippen molar-refractivity contribution in [3.8, 4) is 11.4 Å². The van der Waals surface area contributed by atoms with Gasteiger partial charge < -0.3 is 4.90 Å². The van der Waals surface area contributed by atoms with E-state index >= 15 is 0 Å². The summed E-state index contributed by atoms with van der Waals surface area (Å²) in [6.45, 7) is 5.47. The second-order valence-electron chi connectivity index (χ2n) is 3.88. The van der Waals surface area contributed by atoms with Gasteiger partial charge in [-0.05, 0) is 37.6 Å². The van der Waals surface area contributed by atoms with Gasteiger partial charge >= 0.3 is 0 Å². The number of benzene rings is 1. The Labute approximate surface area is 116 Å². The van der Waals surface area contributed by atoms with Crippen molar-refractivity contribution in [1.82, 2.24) is 15.0 Å². The fraction of sp³-hybridized carbons (Fsp3) is 0.308. The largest absolute Gasteiger partial charge is 0.341 e. The summed E-state index contributed by atoms with van der Waals surface area (Å²) in [4.78, 5) is 14.3. The SMILES string of the molecule is CCN(CC)c1nc(Cl)nc(-c2ccccc2F)n1. The van der Waals surface area contributed by atoms with Crippen molar-refractivity contribution < 1.29 is 4.39 Å². The molecule has 0 unspecified atom stereocenters. The zero-order valence-corrected chi connectivity index (χ0v) is 11.5. The van der Waals surface area contributed by atoms with Gasteiger partial charge in [-0.15, -0.1) is 0 Å². The number of anilines is 1. The molecule has 1 aromatic heterocycles. The van der Waals surface area contributed by atoms with Crippen LogP contribution < -0.4 is 4.90 Å². The Balaban J connectivity index is 2.51. The lowest BCUT2D eigenvalue weighted by atomic mass is 10.2. The standard InChI is InChI=1S/C13H14ClFN4/c1-3-19(4-2)13-17-11(16-12(14)18-13)9-7-5-6-8-10(9)15/h5-8H,3-4H2,1-2H3. The molecule has 1 heterocycles. The number of nitrogens with zero attached hydrogens (tertiary/aromatic N) is 4. The average Bonchev–Trinajstić information content (AvgIpc) is 2.40. The predicted octanol–water partition coefficient (Wildman–Crippen LogP) is 3.18. The van der Waals surface area contributed by atoms with Crippen LogP contribution in [0.1, 0.15) is 13.8 Å². The van der Waals surface area contributed by atoms with Crippen molar-refractivity contribution in [3.63, 3.8) is 0 Å². The minimum Gasteiger partial charge on any atom is -0.341 e. The first kappa shape index (κ1) is 13.7. The van der Waals surface area contributed by atoms with Gasteiger partial charge in [-0.25, -0.2) is 4.39 Å². The Morgan fingerprint density at radius 2 is 1.79 bits per heavy atom. The lowest BCUT2D eigenvalue weighted by Gasteiger charge is -2.18. The van der Waals surface area contributed by atoms with Crippen molar-refractivity contribution in [3.05, 3.63) is 35.4 Å². The van der Waals surface area contributed by atoms with Crippen molar-refractivity contribution in [2.24, 2.45) is 0 Å². The van der Waals surface area contributed by atoms with Crippen LogP contribution >= 0.6 is 11.6 Å². The summed E-state index contributed by atoms with van der Waals surface area (Å²) in [5, 5.41) is 0.0650. The second-order valence-corrected chi connectivity index (χ2v) is 4.22. The lowest BCUT2D eigenvalue weighted by Crippen LogP contribution is -2.24. The molecule has 0 aliphatic heterocycles. The molecular formula is C13H14ClFN4. The van der Waals surface area contributed by atoms with Crippen LogP contribution in [0, 0.1) is 5.82 Å². The third kappa shape index (κ3) is 2.98. The van der Waals surface area contributed by atoms with Crippen LogP contribution in [0.4, 0.5) is 10.3 Å². The Morgan fingerprint density at radius 1 is 1.11 bits per heavy atom. The third-order valence-corrected chi connectivity index (χ3v) is 2.93. The van der Waals surface area contributed by atoms with Gasteiger partial charge in [0, 0.05) is 13.1 Å². The van der Waals surface area contributed by atoms with Gasteiger partial charge in [-0.1, -0.05) is 12.1 Å². The molecule has 6 heteroatoms. The first-order valence-electron chi connectivity index (χ1n) is 6.07. The summed E-state index contributed by atoms with van der Waals surface area (Å²) in [5.41, 5.74) is 0.320. The average molecular weight is 281 g/mol. The summed E-state index contributed by atoms with van der Waals surface area (Å²) in [7, 11) is 0. The third-order valence-electron chi connectivity index (χ3n) is 2.76. The van der Waals surface area contributed by atoms with E-state index in [0.717, 1.165) is 13.1 Å². The number of hydrogen-bond acceptors (Lipinski definition) is 4. The molecule has 0 bridgehead atoms. The highest BCUT2D eigenvalue weighted by molar-refractivity contribution is 6.28. The Bertz CT molecular complexity index is 572. The Hall–Kier alpha value is -1.75. The predicted molar refractivity (Wildman–Crippen MR) is 73.8 cm³/mol. The zero-order chi connectivity index (χ0) is 13.8. The van der Waals surface area contributed by atoms with Crippen LogP contribution in [0.5, 0.6) is 0 Å². The van der Waals surface area contributed by atoms with Crippen LogP contribution in [0.2, 0.25) is 5.28 Å². The van der Waals surface area contributed by atoms with Gasteiger partial charge in [0.1, 0.15) is 5.82 Å². The number of aromatic nitrogens is 3. The van der Waals surface area contributed by atoms with Crippen LogP contribution in [0.3, 0.4) is 0 Å². The molecule has 0 amide bonds. The van der Waals surface area contributed by atoms with Crippen molar-refractivity contribution in [2.75, 3.05) is 18.0 Å². The first-order valence-corrected chi connectivity index (χ1v) is 6.45. The summed E-state index contributed by atoms with van der Waals surface area (Å²) < 4.78 is 13.7. The molecule has 0 fully saturated rings. The summed E-state index contributed by atoms with van der Waals surface area (Å²) in [6.07, 6.45) is 0. The number of rotatable bonds is 4. The molecule has 0 saturated carbocycles. The van der Waals surface area contributed by atoms with E-state index in [1.807, 2.05) is 18.7 Å². The molecule has 0 spiro atoms. The van der Waals surface area contributed by atoms with Crippen molar-refractivity contribution in [2.45, 2.75) is 13.8 Å². The normalized spacial score (nSPS) is 10.5. The molecule has 0 aliphatic carbocycles. The highest BCUT2D eigenvalue weighted by Gasteiger charge is 2.13. The van der Waals surface area contributed by atoms with Gasteiger partial charge in [-0.2, -0.15) is 15.0 Å². The van der Waals surface area contributed by atoms with Gasteiger partial charge in [0.2, 0.25) is 11.2 Å². The molecule has 0 saturated heterocycles. The Kier molecular flexibility index (Phi) is 4.27. The van der Waals surface area contributed by atoms with E-state index in [-0.39, 0.29) is 16.9 Å². The minimum atomic E-state index is -0.379. The van der Waals surface area contributed by atoms with Crippen molar-refractivity contribution in [1.29, 1.82) is 0 Å². The maximum absolute atomic E-state index is 13.7. The molecule has 1 aromatic carbocycles. The molecule has 19 heavy (non-hydrogen) atoms. The van der Waals surface area contributed by atoms with E-state index in [4.69, 9.17) is 11.6 Å². The fourth-order valence-electron chi connectivity index (χ4n) is 1.75. The van der Waals surface area contributed by atoms with E-state index in [2.05, 4.69) is 15.0 Å². The van der Waals surface area contributed by atoms with Crippen LogP contribution in [-0.4, -0.2) is 28.0 Å². The van der Waals surface area contributed by atoms with Crippen LogP contribution in [0.25, 0.3) is 11.4 Å². The molecule has 4 nitrogen and oxygen atoms in total. The molecule has 2 rings (SSSR count). The van der Waals surface area contributed by atoms with Crippen LogP contribution in [0.15, 0.2) is 24.3 Å². The topological polar surface area (TPSA) is 41.9 Å². The van der Waals surface area contributed by atoms with E-state index in [0.29, 0.717) is 11.5 Å². The molecule has 100 valence electrons. The van der Waals surface area contributed by atoms with E-state index in [1.54, 1.807) is 18.2 Å². The molecule has 0 radical (unpaired) electrons. The minimum absolute atomic E-state index is 0.0650. The fourth-order valence-corrected chi connectivity index (χ4v) is 1.91. The number of hydrogen-bond donors (Lipinski definition) is 0.